The molecule has 0 fully saturated rings. The summed E-state index contributed by atoms with van der Waals surface area (Å²) in [5.41, 5.74) is 1.35. The molecule has 2 atom stereocenters. The molecule has 0 bridgehead atoms. The zero-order valence-corrected chi connectivity index (χ0v) is 6.87. The minimum atomic E-state index is -1.05. The highest BCUT2D eigenvalue weighted by molar-refractivity contribution is 5.88. The molecule has 0 heterocycles. The Kier molecular flexibility index (Phi) is 1.92. The van der Waals surface area contributed by atoms with Crippen LogP contribution >= 0.6 is 0 Å². The minimum absolute atomic E-state index is 0.676. The summed E-state index contributed by atoms with van der Waals surface area (Å²) in [7, 11) is 0. The van der Waals surface area contributed by atoms with Crippen LogP contribution in [-0.4, -0.2) is 22.2 Å². The van der Waals surface area contributed by atoms with E-state index >= 15 is 0 Å². The van der Waals surface area contributed by atoms with Gasteiger partial charge in [0.15, 0.2) is 0 Å². The maximum Gasteiger partial charge on any atom is 0.311 e. The lowest BCUT2D eigenvalue weighted by Gasteiger charge is -2.33. The maximum atomic E-state index is 10.6. The molecule has 0 amide bonds. The molecule has 0 aliphatic heterocycles. The zero-order chi connectivity index (χ0) is 9.46. The summed E-state index contributed by atoms with van der Waals surface area (Å²) < 4.78 is 0. The van der Waals surface area contributed by atoms with Gasteiger partial charge < -0.3 is 10.2 Å². The lowest BCUT2D eigenvalue weighted by atomic mass is 9.69. The van der Waals surface area contributed by atoms with Crippen LogP contribution in [0.3, 0.4) is 0 Å². The fourth-order valence-corrected chi connectivity index (χ4v) is 1.55. The molecule has 0 unspecified atom stereocenters. The second-order valence-corrected chi connectivity index (χ2v) is 3.00. The summed E-state index contributed by atoms with van der Waals surface area (Å²) >= 11 is 0. The predicted molar refractivity (Wildman–Crippen MR) is 40.6 cm³/mol. The van der Waals surface area contributed by atoms with Crippen molar-refractivity contribution in [2.24, 2.45) is 11.8 Å². The molecule has 4 heteroatoms. The van der Waals surface area contributed by atoms with Crippen molar-refractivity contribution >= 4 is 11.9 Å². The van der Waals surface area contributed by atoms with Crippen LogP contribution < -0.4 is 0 Å². The van der Waals surface area contributed by atoms with E-state index in [2.05, 4.69) is 0 Å². The fraction of sp³-hybridized carbons (Fsp3) is 0.500. The number of carboxylic acid groups (broad SMARTS) is 2. The van der Waals surface area contributed by atoms with Crippen molar-refractivity contribution in [2.45, 2.75) is 13.8 Å². The minimum Gasteiger partial charge on any atom is -0.481 e. The Bertz CT molecular complexity index is 249. The second kappa shape index (κ2) is 2.62. The quantitative estimate of drug-likeness (QED) is 0.599. The van der Waals surface area contributed by atoms with Crippen LogP contribution in [0.15, 0.2) is 11.1 Å². The van der Waals surface area contributed by atoms with Gasteiger partial charge in [0.2, 0.25) is 0 Å². The van der Waals surface area contributed by atoms with Crippen molar-refractivity contribution < 1.29 is 19.8 Å². The van der Waals surface area contributed by atoms with Crippen LogP contribution in [0.1, 0.15) is 13.8 Å². The average Bonchev–Trinajstić information content (AvgIpc) is 1.96. The number of hydrogen-bond donors (Lipinski definition) is 2. The Morgan fingerprint density at radius 3 is 1.42 bits per heavy atom. The van der Waals surface area contributed by atoms with E-state index in [1.807, 2.05) is 0 Å². The Hall–Kier alpha value is -1.32. The van der Waals surface area contributed by atoms with Crippen molar-refractivity contribution in [1.29, 1.82) is 0 Å². The van der Waals surface area contributed by atoms with Gasteiger partial charge in [0.1, 0.15) is 0 Å². The smallest absolute Gasteiger partial charge is 0.311 e. The molecule has 12 heavy (non-hydrogen) atoms. The third-order valence-corrected chi connectivity index (χ3v) is 2.42. The van der Waals surface area contributed by atoms with Crippen LogP contribution in [-0.2, 0) is 9.59 Å². The molecular weight excluding hydrogens is 160 g/mol. The number of carbonyl (C=O) groups is 2. The zero-order valence-electron chi connectivity index (χ0n) is 6.87. The molecule has 1 aliphatic rings. The number of carboxylic acids is 2. The number of hydrogen-bond acceptors (Lipinski definition) is 2. The number of rotatable bonds is 2. The Morgan fingerprint density at radius 2 is 1.25 bits per heavy atom. The first-order valence-electron chi connectivity index (χ1n) is 3.59. The predicted octanol–water partition coefficient (Wildman–Crippen LogP) is 0.738. The van der Waals surface area contributed by atoms with Gasteiger partial charge in [-0.15, -0.1) is 0 Å². The lowest BCUT2D eigenvalue weighted by Crippen LogP contribution is -2.39. The average molecular weight is 170 g/mol. The van der Waals surface area contributed by atoms with Gasteiger partial charge in [0.05, 0.1) is 11.8 Å². The molecule has 0 saturated carbocycles. The summed E-state index contributed by atoms with van der Waals surface area (Å²) in [6.45, 7) is 3.32. The lowest BCUT2D eigenvalue weighted by molar-refractivity contribution is -0.152. The van der Waals surface area contributed by atoms with Gasteiger partial charge in [-0.05, 0) is 13.8 Å². The Morgan fingerprint density at radius 1 is 1.00 bits per heavy atom. The Labute approximate surface area is 69.5 Å². The van der Waals surface area contributed by atoms with Gasteiger partial charge in [0.25, 0.3) is 0 Å². The van der Waals surface area contributed by atoms with Gasteiger partial charge in [0, 0.05) is 0 Å². The van der Waals surface area contributed by atoms with Gasteiger partial charge in [-0.1, -0.05) is 11.1 Å². The van der Waals surface area contributed by atoms with Crippen molar-refractivity contribution in [3.8, 4) is 0 Å². The highest BCUT2D eigenvalue weighted by Crippen LogP contribution is 2.40. The monoisotopic (exact) mass is 170 g/mol. The third-order valence-electron chi connectivity index (χ3n) is 2.42. The van der Waals surface area contributed by atoms with Crippen LogP contribution in [0, 0.1) is 11.8 Å². The van der Waals surface area contributed by atoms with E-state index in [4.69, 9.17) is 10.2 Å². The van der Waals surface area contributed by atoms with Crippen molar-refractivity contribution in [3.63, 3.8) is 0 Å². The summed E-state index contributed by atoms with van der Waals surface area (Å²) in [5, 5.41) is 17.3. The first kappa shape index (κ1) is 8.77. The van der Waals surface area contributed by atoms with E-state index in [9.17, 15) is 9.59 Å². The van der Waals surface area contributed by atoms with E-state index < -0.39 is 23.8 Å². The van der Waals surface area contributed by atoms with E-state index in [1.165, 1.54) is 0 Å². The van der Waals surface area contributed by atoms with E-state index in [-0.39, 0.29) is 0 Å². The molecule has 0 radical (unpaired) electrons. The molecule has 2 N–H and O–H groups in total. The normalized spacial score (nSPS) is 28.2. The molecule has 1 aliphatic carbocycles. The van der Waals surface area contributed by atoms with Gasteiger partial charge in [-0.25, -0.2) is 0 Å². The Balaban J connectivity index is 2.94. The highest BCUT2D eigenvalue weighted by atomic mass is 16.4. The van der Waals surface area contributed by atoms with Gasteiger partial charge >= 0.3 is 11.9 Å². The molecule has 66 valence electrons. The van der Waals surface area contributed by atoms with Gasteiger partial charge in [-0.2, -0.15) is 0 Å². The summed E-state index contributed by atoms with van der Waals surface area (Å²) in [6.07, 6.45) is 0. The van der Waals surface area contributed by atoms with Crippen LogP contribution in [0.2, 0.25) is 0 Å². The first-order valence-corrected chi connectivity index (χ1v) is 3.59. The van der Waals surface area contributed by atoms with Crippen LogP contribution in [0.25, 0.3) is 0 Å². The molecule has 0 aromatic rings. The van der Waals surface area contributed by atoms with Crippen molar-refractivity contribution in [2.75, 3.05) is 0 Å². The third kappa shape index (κ3) is 0.995. The van der Waals surface area contributed by atoms with Crippen molar-refractivity contribution in [1.82, 2.24) is 0 Å². The van der Waals surface area contributed by atoms with E-state index in [0.717, 1.165) is 0 Å². The molecule has 1 rings (SSSR count). The molecule has 0 spiro atoms. The largest absolute Gasteiger partial charge is 0.481 e. The van der Waals surface area contributed by atoms with E-state index in [0.29, 0.717) is 11.1 Å². The van der Waals surface area contributed by atoms with Gasteiger partial charge in [-0.3, -0.25) is 9.59 Å². The fourth-order valence-electron chi connectivity index (χ4n) is 1.55. The maximum absolute atomic E-state index is 10.6. The standard InChI is InChI=1S/C8H10O4/c1-3-4(2)6(8(11)12)5(3)7(9)10/h5-6H,1-2H3,(H,9,10)(H,11,12)/t5-,6-/m0/s1. The topological polar surface area (TPSA) is 74.6 Å². The summed E-state index contributed by atoms with van der Waals surface area (Å²) in [6, 6.07) is 0. The molecule has 0 aromatic heterocycles. The van der Waals surface area contributed by atoms with Crippen LogP contribution in [0.5, 0.6) is 0 Å². The molecular formula is C8H10O4. The summed E-state index contributed by atoms with van der Waals surface area (Å²) in [5.74, 6) is -3.74. The second-order valence-electron chi connectivity index (χ2n) is 3.00. The molecule has 0 saturated heterocycles. The molecule has 0 aromatic carbocycles. The highest BCUT2D eigenvalue weighted by Gasteiger charge is 2.45. The summed E-state index contributed by atoms with van der Waals surface area (Å²) in [4.78, 5) is 21.1. The SMILES string of the molecule is CC1=C(C)[C@H](C(=O)O)[C@H]1C(=O)O. The first-order chi connectivity index (χ1) is 5.46. The number of aliphatic carboxylic acids is 2. The van der Waals surface area contributed by atoms with Crippen molar-refractivity contribution in [3.05, 3.63) is 11.1 Å². The van der Waals surface area contributed by atoms with Crippen LogP contribution in [0.4, 0.5) is 0 Å². The molecule has 4 nitrogen and oxygen atoms in total. The van der Waals surface area contributed by atoms with E-state index in [1.54, 1.807) is 13.8 Å².